The molecule has 0 radical (unpaired) electrons. The Bertz CT molecular complexity index is 519. The quantitative estimate of drug-likeness (QED) is 0.897. The fraction of sp³-hybridized carbons (Fsp3) is 0.500. The number of aliphatic hydroxyl groups is 1. The van der Waals surface area contributed by atoms with Gasteiger partial charge in [-0.2, -0.15) is 0 Å². The third kappa shape index (κ3) is 3.19. The number of carbonyl (C=O) groups is 1. The standard InChI is InChI=1S/C14H17Cl2NO3/c1-14(2)11(6-12(14)18)17-13(19)7-20-8-3-4-9(15)10(16)5-8/h3-5,11-12,18H,6-7H2,1-2H3,(H,17,19). The Morgan fingerprint density at radius 1 is 1.45 bits per heavy atom. The van der Waals surface area contributed by atoms with Crippen molar-refractivity contribution in [3.05, 3.63) is 28.2 Å². The highest BCUT2D eigenvalue weighted by atomic mass is 35.5. The number of hydrogen-bond acceptors (Lipinski definition) is 3. The summed E-state index contributed by atoms with van der Waals surface area (Å²) in [6.45, 7) is 3.75. The number of carbonyl (C=O) groups excluding carboxylic acids is 1. The molecule has 1 fully saturated rings. The molecule has 20 heavy (non-hydrogen) atoms. The molecule has 1 aromatic carbocycles. The number of rotatable bonds is 4. The van der Waals surface area contributed by atoms with Crippen molar-refractivity contribution >= 4 is 29.1 Å². The SMILES string of the molecule is CC1(C)C(O)CC1NC(=O)COc1ccc(Cl)c(Cl)c1. The van der Waals surface area contributed by atoms with Gasteiger partial charge in [0.1, 0.15) is 5.75 Å². The molecule has 2 atom stereocenters. The van der Waals surface area contributed by atoms with E-state index < -0.39 is 0 Å². The summed E-state index contributed by atoms with van der Waals surface area (Å²) in [6, 6.07) is 4.80. The first kappa shape index (κ1) is 15.4. The van der Waals surface area contributed by atoms with Crippen LogP contribution in [0.4, 0.5) is 0 Å². The maximum absolute atomic E-state index is 11.8. The molecule has 0 bridgehead atoms. The largest absolute Gasteiger partial charge is 0.484 e. The Morgan fingerprint density at radius 3 is 2.70 bits per heavy atom. The highest BCUT2D eigenvalue weighted by Gasteiger charge is 2.47. The third-order valence-corrected chi connectivity index (χ3v) is 4.55. The van der Waals surface area contributed by atoms with E-state index in [-0.39, 0.29) is 30.1 Å². The van der Waals surface area contributed by atoms with Crippen molar-refractivity contribution in [3.63, 3.8) is 0 Å². The van der Waals surface area contributed by atoms with Gasteiger partial charge in [0.15, 0.2) is 6.61 Å². The van der Waals surface area contributed by atoms with Gasteiger partial charge in [0.05, 0.1) is 16.1 Å². The van der Waals surface area contributed by atoms with Crippen LogP contribution in [0.5, 0.6) is 5.75 Å². The lowest BCUT2D eigenvalue weighted by molar-refractivity contribution is -0.131. The normalized spacial score (nSPS) is 23.9. The molecule has 0 heterocycles. The Balaban J connectivity index is 1.82. The number of hydrogen-bond donors (Lipinski definition) is 2. The van der Waals surface area contributed by atoms with Crippen LogP contribution in [0.25, 0.3) is 0 Å². The van der Waals surface area contributed by atoms with E-state index in [2.05, 4.69) is 5.32 Å². The Hall–Kier alpha value is -0.970. The Kier molecular flexibility index (Phi) is 4.47. The fourth-order valence-corrected chi connectivity index (χ4v) is 2.39. The number of amides is 1. The van der Waals surface area contributed by atoms with Gasteiger partial charge in [-0.3, -0.25) is 4.79 Å². The molecule has 1 aromatic rings. The monoisotopic (exact) mass is 317 g/mol. The van der Waals surface area contributed by atoms with Crippen LogP contribution in [0, 0.1) is 5.41 Å². The summed E-state index contributed by atoms with van der Waals surface area (Å²) in [5.41, 5.74) is -0.292. The van der Waals surface area contributed by atoms with Crippen LogP contribution in [0.15, 0.2) is 18.2 Å². The van der Waals surface area contributed by atoms with E-state index in [0.717, 1.165) is 0 Å². The Morgan fingerprint density at radius 2 is 2.15 bits per heavy atom. The molecule has 4 nitrogen and oxygen atoms in total. The van der Waals surface area contributed by atoms with Crippen molar-refractivity contribution in [3.8, 4) is 5.75 Å². The molecule has 2 unspecified atom stereocenters. The molecule has 2 rings (SSSR count). The van der Waals surface area contributed by atoms with E-state index >= 15 is 0 Å². The molecular weight excluding hydrogens is 301 g/mol. The summed E-state index contributed by atoms with van der Waals surface area (Å²) in [5, 5.41) is 13.3. The smallest absolute Gasteiger partial charge is 0.258 e. The maximum atomic E-state index is 11.8. The van der Waals surface area contributed by atoms with Gasteiger partial charge in [0, 0.05) is 17.5 Å². The molecule has 1 amide bonds. The number of ether oxygens (including phenoxy) is 1. The van der Waals surface area contributed by atoms with Gasteiger partial charge in [-0.15, -0.1) is 0 Å². The van der Waals surface area contributed by atoms with Crippen LogP contribution >= 0.6 is 23.2 Å². The van der Waals surface area contributed by atoms with Gasteiger partial charge in [-0.1, -0.05) is 37.0 Å². The molecule has 0 saturated heterocycles. The first-order valence-electron chi connectivity index (χ1n) is 6.36. The number of benzene rings is 1. The number of aliphatic hydroxyl groups excluding tert-OH is 1. The van der Waals surface area contributed by atoms with Crippen LogP contribution in [-0.4, -0.2) is 29.8 Å². The van der Waals surface area contributed by atoms with Crippen LogP contribution in [-0.2, 0) is 4.79 Å². The molecule has 110 valence electrons. The summed E-state index contributed by atoms with van der Waals surface area (Å²) in [4.78, 5) is 11.8. The fourth-order valence-electron chi connectivity index (χ4n) is 2.10. The zero-order chi connectivity index (χ0) is 14.9. The average Bonchev–Trinajstić information content (AvgIpc) is 2.40. The molecule has 1 aliphatic rings. The maximum Gasteiger partial charge on any atom is 0.258 e. The van der Waals surface area contributed by atoms with Crippen molar-refractivity contribution in [1.29, 1.82) is 0 Å². The van der Waals surface area contributed by atoms with Gasteiger partial charge >= 0.3 is 0 Å². The molecule has 1 aliphatic carbocycles. The zero-order valence-corrected chi connectivity index (χ0v) is 12.8. The second-order valence-corrected chi connectivity index (χ2v) is 6.37. The van der Waals surface area contributed by atoms with Gasteiger partial charge in [-0.25, -0.2) is 0 Å². The van der Waals surface area contributed by atoms with Gasteiger partial charge in [0.25, 0.3) is 5.91 Å². The molecule has 0 spiro atoms. The van der Waals surface area contributed by atoms with Crippen molar-refractivity contribution in [2.75, 3.05) is 6.61 Å². The van der Waals surface area contributed by atoms with Crippen LogP contribution < -0.4 is 10.1 Å². The van der Waals surface area contributed by atoms with Crippen molar-refractivity contribution in [2.45, 2.75) is 32.4 Å². The first-order valence-corrected chi connectivity index (χ1v) is 7.11. The molecule has 0 aliphatic heterocycles. The summed E-state index contributed by atoms with van der Waals surface area (Å²) in [5.74, 6) is 0.267. The van der Waals surface area contributed by atoms with E-state index in [1.54, 1.807) is 18.2 Å². The van der Waals surface area contributed by atoms with E-state index in [9.17, 15) is 9.90 Å². The number of nitrogens with one attached hydrogen (secondary N) is 1. The summed E-state index contributed by atoms with van der Waals surface area (Å²) in [7, 11) is 0. The van der Waals surface area contributed by atoms with Gasteiger partial charge in [0.2, 0.25) is 0 Å². The molecule has 2 N–H and O–H groups in total. The molecular formula is C14H17Cl2NO3. The lowest BCUT2D eigenvalue weighted by atomic mass is 9.64. The minimum Gasteiger partial charge on any atom is -0.484 e. The van der Waals surface area contributed by atoms with Crippen molar-refractivity contribution in [1.82, 2.24) is 5.32 Å². The predicted molar refractivity (Wildman–Crippen MR) is 78.3 cm³/mol. The highest BCUT2D eigenvalue weighted by Crippen LogP contribution is 2.40. The summed E-state index contributed by atoms with van der Waals surface area (Å²) in [6.07, 6.45) is 0.203. The third-order valence-electron chi connectivity index (χ3n) is 3.81. The summed E-state index contributed by atoms with van der Waals surface area (Å²) >= 11 is 11.7. The van der Waals surface area contributed by atoms with Crippen LogP contribution in [0.2, 0.25) is 10.0 Å². The molecule has 6 heteroatoms. The van der Waals surface area contributed by atoms with Gasteiger partial charge < -0.3 is 15.2 Å². The lowest BCUT2D eigenvalue weighted by Gasteiger charge is -2.49. The second-order valence-electron chi connectivity index (χ2n) is 5.56. The van der Waals surface area contributed by atoms with Crippen LogP contribution in [0.3, 0.4) is 0 Å². The van der Waals surface area contributed by atoms with Crippen molar-refractivity contribution < 1.29 is 14.6 Å². The van der Waals surface area contributed by atoms with E-state index in [0.29, 0.717) is 22.2 Å². The minimum absolute atomic E-state index is 0.0256. The number of halogens is 2. The highest BCUT2D eigenvalue weighted by molar-refractivity contribution is 6.42. The first-order chi connectivity index (χ1) is 9.30. The van der Waals surface area contributed by atoms with Gasteiger partial charge in [-0.05, 0) is 18.6 Å². The van der Waals surface area contributed by atoms with E-state index in [4.69, 9.17) is 27.9 Å². The van der Waals surface area contributed by atoms with Crippen molar-refractivity contribution in [2.24, 2.45) is 5.41 Å². The Labute approximate surface area is 128 Å². The molecule has 1 saturated carbocycles. The second kappa shape index (κ2) is 5.80. The predicted octanol–water partition coefficient (Wildman–Crippen LogP) is 2.65. The summed E-state index contributed by atoms with van der Waals surface area (Å²) < 4.78 is 5.35. The minimum atomic E-state index is -0.371. The van der Waals surface area contributed by atoms with E-state index in [1.807, 2.05) is 13.8 Å². The molecule has 0 aromatic heterocycles. The topological polar surface area (TPSA) is 58.6 Å². The van der Waals surface area contributed by atoms with Crippen LogP contribution in [0.1, 0.15) is 20.3 Å². The zero-order valence-electron chi connectivity index (χ0n) is 11.3. The average molecular weight is 318 g/mol. The van der Waals surface area contributed by atoms with E-state index in [1.165, 1.54) is 0 Å². The lowest BCUT2D eigenvalue weighted by Crippen LogP contribution is -2.61.